The third-order valence-electron chi connectivity index (χ3n) is 2.48. The average Bonchev–Trinajstić information content (AvgIpc) is 2.91. The number of aromatic nitrogens is 3. The summed E-state index contributed by atoms with van der Waals surface area (Å²) in [7, 11) is 0. The number of hydrogen-bond acceptors (Lipinski definition) is 4. The number of benzene rings is 1. The molecular weight excluding hydrogens is 260 g/mol. The fourth-order valence-electron chi connectivity index (χ4n) is 1.55. The molecule has 19 heavy (non-hydrogen) atoms. The second-order valence-electron chi connectivity index (χ2n) is 4.07. The molecule has 0 saturated heterocycles. The molecule has 0 aliphatic heterocycles. The smallest absolute Gasteiger partial charge is 0.224 e. The molecule has 1 heterocycles. The van der Waals surface area contributed by atoms with Gasteiger partial charge < -0.3 is 5.32 Å². The van der Waals surface area contributed by atoms with Gasteiger partial charge in [0, 0.05) is 17.9 Å². The van der Waals surface area contributed by atoms with Crippen LogP contribution in [0.1, 0.15) is 25.3 Å². The van der Waals surface area contributed by atoms with Crippen molar-refractivity contribution in [3.8, 4) is 0 Å². The van der Waals surface area contributed by atoms with Crippen molar-refractivity contribution in [2.45, 2.75) is 30.7 Å². The van der Waals surface area contributed by atoms with E-state index in [-0.39, 0.29) is 5.91 Å². The van der Waals surface area contributed by atoms with E-state index in [1.165, 1.54) is 11.9 Å². The van der Waals surface area contributed by atoms with Crippen molar-refractivity contribution in [1.29, 1.82) is 0 Å². The Kier molecular flexibility index (Phi) is 4.97. The number of carbonyl (C=O) groups excluding carboxylic acids is 1. The second kappa shape index (κ2) is 6.94. The van der Waals surface area contributed by atoms with Crippen LogP contribution < -0.4 is 5.32 Å². The molecule has 0 fully saturated rings. The lowest BCUT2D eigenvalue weighted by molar-refractivity contribution is -0.116. The van der Waals surface area contributed by atoms with E-state index in [1.807, 2.05) is 31.2 Å². The molecule has 0 aliphatic rings. The lowest BCUT2D eigenvalue weighted by atomic mass is 10.2. The molecule has 0 atom stereocenters. The van der Waals surface area contributed by atoms with Crippen LogP contribution in [0.5, 0.6) is 0 Å². The van der Waals surface area contributed by atoms with E-state index in [0.717, 1.165) is 23.0 Å². The predicted octanol–water partition coefficient (Wildman–Crippen LogP) is 2.84. The summed E-state index contributed by atoms with van der Waals surface area (Å²) in [6, 6.07) is 7.85. The minimum Gasteiger partial charge on any atom is -0.326 e. The van der Waals surface area contributed by atoms with E-state index in [1.54, 1.807) is 11.8 Å². The first-order valence-electron chi connectivity index (χ1n) is 6.15. The third kappa shape index (κ3) is 4.40. The van der Waals surface area contributed by atoms with Crippen LogP contribution in [-0.2, 0) is 10.5 Å². The molecule has 1 amide bonds. The Labute approximate surface area is 116 Å². The molecule has 6 heteroatoms. The van der Waals surface area contributed by atoms with Gasteiger partial charge in [-0.05, 0) is 24.1 Å². The highest BCUT2D eigenvalue weighted by Gasteiger charge is 2.02. The molecule has 2 aromatic rings. The first kappa shape index (κ1) is 13.6. The average molecular weight is 276 g/mol. The lowest BCUT2D eigenvalue weighted by Crippen LogP contribution is -2.10. The summed E-state index contributed by atoms with van der Waals surface area (Å²) >= 11 is 1.59. The molecule has 2 N–H and O–H groups in total. The summed E-state index contributed by atoms with van der Waals surface area (Å²) in [5.74, 6) is 0.879. The zero-order chi connectivity index (χ0) is 13.5. The SMILES string of the molecule is CCCC(=O)Nc1ccc(CSc2ncn[nH]2)cc1. The lowest BCUT2D eigenvalue weighted by Gasteiger charge is -2.05. The number of carbonyl (C=O) groups is 1. The number of aromatic amines is 1. The number of H-pyrrole nitrogens is 1. The molecule has 1 aromatic carbocycles. The number of nitrogens with one attached hydrogen (secondary N) is 2. The van der Waals surface area contributed by atoms with Crippen molar-refractivity contribution < 1.29 is 4.79 Å². The standard InChI is InChI=1S/C13H16N4OS/c1-2-3-12(18)16-11-6-4-10(5-7-11)8-19-13-14-9-15-17-13/h4-7,9H,2-3,8H2,1H3,(H,16,18)(H,14,15,17). The maximum Gasteiger partial charge on any atom is 0.224 e. The van der Waals surface area contributed by atoms with Crippen molar-refractivity contribution in [2.75, 3.05) is 5.32 Å². The Balaban J connectivity index is 1.85. The van der Waals surface area contributed by atoms with Crippen LogP contribution in [0, 0.1) is 0 Å². The van der Waals surface area contributed by atoms with Gasteiger partial charge in [-0.1, -0.05) is 30.8 Å². The summed E-state index contributed by atoms with van der Waals surface area (Å²) in [5, 5.41) is 10.3. The highest BCUT2D eigenvalue weighted by atomic mass is 32.2. The van der Waals surface area contributed by atoms with Crippen molar-refractivity contribution in [1.82, 2.24) is 15.2 Å². The van der Waals surface area contributed by atoms with Crippen molar-refractivity contribution in [3.63, 3.8) is 0 Å². The molecule has 100 valence electrons. The second-order valence-corrected chi connectivity index (χ2v) is 5.04. The van der Waals surface area contributed by atoms with Crippen LogP contribution in [0.15, 0.2) is 35.7 Å². The van der Waals surface area contributed by atoms with Gasteiger partial charge in [0.05, 0.1) is 0 Å². The maximum absolute atomic E-state index is 11.4. The van der Waals surface area contributed by atoms with E-state index in [2.05, 4.69) is 20.5 Å². The summed E-state index contributed by atoms with van der Waals surface area (Å²) in [5.41, 5.74) is 2.02. The van der Waals surface area contributed by atoms with Crippen molar-refractivity contribution >= 4 is 23.4 Å². The monoisotopic (exact) mass is 276 g/mol. The molecule has 0 saturated carbocycles. The summed E-state index contributed by atoms with van der Waals surface area (Å²) in [6.45, 7) is 1.99. The minimum atomic E-state index is 0.0614. The molecule has 0 radical (unpaired) electrons. The zero-order valence-corrected chi connectivity index (χ0v) is 11.5. The van der Waals surface area contributed by atoms with Gasteiger partial charge in [0.25, 0.3) is 0 Å². The molecule has 1 aromatic heterocycles. The zero-order valence-electron chi connectivity index (χ0n) is 10.7. The first-order valence-corrected chi connectivity index (χ1v) is 7.13. The predicted molar refractivity (Wildman–Crippen MR) is 75.9 cm³/mol. The molecule has 2 rings (SSSR count). The molecule has 5 nitrogen and oxygen atoms in total. The van der Waals surface area contributed by atoms with E-state index >= 15 is 0 Å². The first-order chi connectivity index (χ1) is 9.28. The summed E-state index contributed by atoms with van der Waals surface area (Å²) in [4.78, 5) is 15.5. The number of hydrogen-bond donors (Lipinski definition) is 2. The molecule has 0 spiro atoms. The van der Waals surface area contributed by atoms with Gasteiger partial charge in [0.2, 0.25) is 5.91 Å². The highest BCUT2D eigenvalue weighted by Crippen LogP contribution is 2.19. The Hall–Kier alpha value is -1.82. The maximum atomic E-state index is 11.4. The van der Waals surface area contributed by atoms with Gasteiger partial charge in [0.1, 0.15) is 6.33 Å². The van der Waals surface area contributed by atoms with Crippen LogP contribution in [0.3, 0.4) is 0 Å². The topological polar surface area (TPSA) is 70.7 Å². The summed E-state index contributed by atoms with van der Waals surface area (Å²) in [6.07, 6.45) is 2.91. The van der Waals surface area contributed by atoms with Gasteiger partial charge >= 0.3 is 0 Å². The molecule has 0 aliphatic carbocycles. The number of rotatable bonds is 6. The number of amides is 1. The third-order valence-corrected chi connectivity index (χ3v) is 3.43. The molecular formula is C13H16N4OS. The van der Waals surface area contributed by atoms with Crippen molar-refractivity contribution in [2.24, 2.45) is 0 Å². The van der Waals surface area contributed by atoms with Gasteiger partial charge in [-0.25, -0.2) is 4.98 Å². The fraction of sp³-hybridized carbons (Fsp3) is 0.308. The number of anilines is 1. The number of thioether (sulfide) groups is 1. The number of nitrogens with zero attached hydrogens (tertiary/aromatic N) is 2. The van der Waals surface area contributed by atoms with Gasteiger partial charge in [0.15, 0.2) is 5.16 Å². The molecule has 0 unspecified atom stereocenters. The van der Waals surface area contributed by atoms with E-state index in [9.17, 15) is 4.79 Å². The van der Waals surface area contributed by atoms with E-state index in [4.69, 9.17) is 0 Å². The van der Waals surface area contributed by atoms with Crippen LogP contribution in [0.25, 0.3) is 0 Å². The van der Waals surface area contributed by atoms with Gasteiger partial charge in [-0.2, -0.15) is 5.10 Å². The molecule has 0 bridgehead atoms. The van der Waals surface area contributed by atoms with Crippen LogP contribution in [0.4, 0.5) is 5.69 Å². The Bertz CT molecular complexity index is 510. The van der Waals surface area contributed by atoms with Crippen LogP contribution in [0.2, 0.25) is 0 Å². The van der Waals surface area contributed by atoms with Gasteiger partial charge in [-0.3, -0.25) is 9.89 Å². The minimum absolute atomic E-state index is 0.0614. The Morgan fingerprint density at radius 3 is 2.79 bits per heavy atom. The Morgan fingerprint density at radius 1 is 1.37 bits per heavy atom. The Morgan fingerprint density at radius 2 is 2.16 bits per heavy atom. The highest BCUT2D eigenvalue weighted by molar-refractivity contribution is 7.98. The largest absolute Gasteiger partial charge is 0.326 e. The van der Waals surface area contributed by atoms with E-state index < -0.39 is 0 Å². The van der Waals surface area contributed by atoms with Gasteiger partial charge in [-0.15, -0.1) is 0 Å². The van der Waals surface area contributed by atoms with Crippen LogP contribution >= 0.6 is 11.8 Å². The fourth-order valence-corrected chi connectivity index (χ4v) is 2.29. The quantitative estimate of drug-likeness (QED) is 0.796. The van der Waals surface area contributed by atoms with E-state index in [0.29, 0.717) is 6.42 Å². The summed E-state index contributed by atoms with van der Waals surface area (Å²) < 4.78 is 0. The van der Waals surface area contributed by atoms with Crippen molar-refractivity contribution in [3.05, 3.63) is 36.2 Å². The normalized spacial score (nSPS) is 10.4. The van der Waals surface area contributed by atoms with Crippen LogP contribution in [-0.4, -0.2) is 21.1 Å².